The summed E-state index contributed by atoms with van der Waals surface area (Å²) in [4.78, 5) is 40.2. The fourth-order valence-electron chi connectivity index (χ4n) is 4.15. The van der Waals surface area contributed by atoms with Gasteiger partial charge in [-0.3, -0.25) is 4.79 Å². The summed E-state index contributed by atoms with van der Waals surface area (Å²) in [6.45, 7) is 5.40. The first kappa shape index (κ1) is 21.3. The third-order valence-electron chi connectivity index (χ3n) is 5.26. The van der Waals surface area contributed by atoms with Crippen molar-refractivity contribution < 1.29 is 23.9 Å². The van der Waals surface area contributed by atoms with Gasteiger partial charge in [-0.1, -0.05) is 0 Å². The molecule has 3 amide bonds. The molecule has 2 aliphatic rings. The number of nitrogens with zero attached hydrogens (tertiary/aromatic N) is 2. The number of nitrogens with one attached hydrogen (secondary N) is 1. The van der Waals surface area contributed by atoms with Gasteiger partial charge < -0.3 is 24.6 Å². The number of amides is 3. The molecule has 2 bridgehead atoms. The zero-order valence-electron chi connectivity index (χ0n) is 17.3. The molecule has 0 aromatic carbocycles. The Morgan fingerprint density at radius 3 is 2.15 bits per heavy atom. The lowest BCUT2D eigenvalue weighted by molar-refractivity contribution is -0.141. The minimum absolute atomic E-state index is 0.0329. The van der Waals surface area contributed by atoms with Gasteiger partial charge in [-0.25, -0.2) is 9.59 Å². The molecule has 3 unspecified atom stereocenters. The van der Waals surface area contributed by atoms with Gasteiger partial charge in [0.1, 0.15) is 5.60 Å². The van der Waals surface area contributed by atoms with Gasteiger partial charge in [0, 0.05) is 32.2 Å². The number of ether oxygens (including phenoxy) is 2. The number of methoxy groups -OCH3 is 1. The highest BCUT2D eigenvalue weighted by Crippen LogP contribution is 2.41. The number of piperidine rings is 1. The standard InChI is InChI=1S/C19H33N3O5/c1-19(2,3)27-17(24)20-15(11-16(23)26-6)12-9-13-7-8-14(10-12)22(13)18(25)21(4)5/h12-15H,7-11H2,1-6H3,(H,20,24). The van der Waals surface area contributed by atoms with E-state index in [2.05, 4.69) is 5.32 Å². The lowest BCUT2D eigenvalue weighted by atomic mass is 9.83. The average Bonchev–Trinajstić information content (AvgIpc) is 2.80. The third-order valence-corrected chi connectivity index (χ3v) is 5.26. The Bertz CT molecular complexity index is 558. The van der Waals surface area contributed by atoms with Crippen molar-refractivity contribution in [1.29, 1.82) is 0 Å². The quantitative estimate of drug-likeness (QED) is 0.753. The molecule has 0 aromatic heterocycles. The van der Waals surface area contributed by atoms with Crippen LogP contribution in [0.25, 0.3) is 0 Å². The first-order chi connectivity index (χ1) is 12.5. The van der Waals surface area contributed by atoms with Crippen LogP contribution < -0.4 is 5.32 Å². The van der Waals surface area contributed by atoms with Crippen LogP contribution in [0.5, 0.6) is 0 Å². The van der Waals surface area contributed by atoms with E-state index >= 15 is 0 Å². The van der Waals surface area contributed by atoms with Crippen molar-refractivity contribution >= 4 is 18.1 Å². The summed E-state index contributed by atoms with van der Waals surface area (Å²) in [7, 11) is 4.87. The Morgan fingerprint density at radius 2 is 1.70 bits per heavy atom. The van der Waals surface area contributed by atoms with Gasteiger partial charge in [0.2, 0.25) is 0 Å². The Balaban J connectivity index is 2.09. The molecule has 154 valence electrons. The minimum Gasteiger partial charge on any atom is -0.469 e. The number of urea groups is 1. The topological polar surface area (TPSA) is 88.2 Å². The number of carbonyl (C=O) groups excluding carboxylic acids is 3. The fraction of sp³-hybridized carbons (Fsp3) is 0.842. The van der Waals surface area contributed by atoms with Crippen LogP contribution in [0.3, 0.4) is 0 Å². The highest BCUT2D eigenvalue weighted by atomic mass is 16.6. The molecule has 3 atom stereocenters. The maximum Gasteiger partial charge on any atom is 0.407 e. The second kappa shape index (κ2) is 8.35. The summed E-state index contributed by atoms with van der Waals surface area (Å²) in [5, 5.41) is 2.87. The molecule has 0 radical (unpaired) electrons. The van der Waals surface area contributed by atoms with E-state index in [1.807, 2.05) is 4.90 Å². The van der Waals surface area contributed by atoms with Crippen molar-refractivity contribution in [3.63, 3.8) is 0 Å². The van der Waals surface area contributed by atoms with E-state index in [-0.39, 0.29) is 42.5 Å². The molecule has 2 rings (SSSR count). The lowest BCUT2D eigenvalue weighted by Crippen LogP contribution is -2.54. The maximum absolute atomic E-state index is 12.5. The molecule has 1 N–H and O–H groups in total. The van der Waals surface area contributed by atoms with E-state index < -0.39 is 11.7 Å². The Kier molecular flexibility index (Phi) is 6.59. The normalized spacial score (nSPS) is 25.6. The van der Waals surface area contributed by atoms with Crippen LogP contribution in [-0.4, -0.2) is 72.8 Å². The molecule has 2 fully saturated rings. The third kappa shape index (κ3) is 5.49. The van der Waals surface area contributed by atoms with Gasteiger partial charge in [-0.2, -0.15) is 0 Å². The largest absolute Gasteiger partial charge is 0.469 e. The van der Waals surface area contributed by atoms with Gasteiger partial charge in [-0.05, 0) is 52.4 Å². The zero-order chi connectivity index (χ0) is 20.4. The monoisotopic (exact) mass is 383 g/mol. The number of esters is 1. The number of hydrogen-bond acceptors (Lipinski definition) is 5. The highest BCUT2D eigenvalue weighted by molar-refractivity contribution is 5.75. The van der Waals surface area contributed by atoms with Crippen molar-refractivity contribution in [3.05, 3.63) is 0 Å². The summed E-state index contributed by atoms with van der Waals surface area (Å²) >= 11 is 0. The molecule has 0 aliphatic carbocycles. The molecular weight excluding hydrogens is 350 g/mol. The summed E-state index contributed by atoms with van der Waals surface area (Å²) in [6, 6.07) is -0.0500. The number of rotatable bonds is 4. The second-order valence-corrected chi connectivity index (χ2v) is 8.73. The molecule has 2 heterocycles. The summed E-state index contributed by atoms with van der Waals surface area (Å²) < 4.78 is 10.2. The van der Waals surface area contributed by atoms with Crippen molar-refractivity contribution in [2.45, 2.75) is 76.6 Å². The van der Waals surface area contributed by atoms with Crippen molar-refractivity contribution in [1.82, 2.24) is 15.1 Å². The maximum atomic E-state index is 12.5. The van der Waals surface area contributed by atoms with Crippen LogP contribution in [0.2, 0.25) is 0 Å². The van der Waals surface area contributed by atoms with E-state index in [9.17, 15) is 14.4 Å². The summed E-state index contributed by atoms with van der Waals surface area (Å²) in [5.74, 6) is -0.268. The van der Waals surface area contributed by atoms with Gasteiger partial charge >= 0.3 is 18.1 Å². The van der Waals surface area contributed by atoms with Gasteiger partial charge in [0.25, 0.3) is 0 Å². The molecule has 0 spiro atoms. The number of hydrogen-bond donors (Lipinski definition) is 1. The van der Waals surface area contributed by atoms with Crippen molar-refractivity contribution in [2.75, 3.05) is 21.2 Å². The molecule has 0 aromatic rings. The van der Waals surface area contributed by atoms with E-state index in [4.69, 9.17) is 9.47 Å². The van der Waals surface area contributed by atoms with Crippen LogP contribution in [0.4, 0.5) is 9.59 Å². The highest BCUT2D eigenvalue weighted by Gasteiger charge is 2.46. The molecule has 8 heteroatoms. The van der Waals surface area contributed by atoms with Crippen LogP contribution in [0.1, 0.15) is 52.9 Å². The predicted molar refractivity (Wildman–Crippen MR) is 100 cm³/mol. The smallest absolute Gasteiger partial charge is 0.407 e. The molecule has 2 aliphatic heterocycles. The second-order valence-electron chi connectivity index (χ2n) is 8.73. The van der Waals surface area contributed by atoms with Crippen LogP contribution >= 0.6 is 0 Å². The predicted octanol–water partition coefficient (Wildman–Crippen LogP) is 2.37. The number of fused-ring (bicyclic) bond motifs is 2. The fourth-order valence-corrected chi connectivity index (χ4v) is 4.15. The first-order valence-corrected chi connectivity index (χ1v) is 9.57. The summed E-state index contributed by atoms with van der Waals surface area (Å²) in [6.07, 6.45) is 2.99. The minimum atomic E-state index is -0.611. The van der Waals surface area contributed by atoms with Crippen LogP contribution in [0.15, 0.2) is 0 Å². The van der Waals surface area contributed by atoms with Crippen LogP contribution in [0, 0.1) is 5.92 Å². The number of carbonyl (C=O) groups is 3. The van der Waals surface area contributed by atoms with Crippen LogP contribution in [-0.2, 0) is 14.3 Å². The first-order valence-electron chi connectivity index (χ1n) is 9.57. The zero-order valence-corrected chi connectivity index (χ0v) is 17.3. The van der Waals surface area contributed by atoms with Gasteiger partial charge in [0.05, 0.1) is 13.5 Å². The molecule has 2 saturated heterocycles. The van der Waals surface area contributed by atoms with E-state index in [1.165, 1.54) is 7.11 Å². The molecular formula is C19H33N3O5. The average molecular weight is 383 g/mol. The van der Waals surface area contributed by atoms with E-state index in [0.29, 0.717) is 0 Å². The Morgan fingerprint density at radius 1 is 1.15 bits per heavy atom. The van der Waals surface area contributed by atoms with E-state index in [0.717, 1.165) is 25.7 Å². The lowest BCUT2D eigenvalue weighted by Gasteiger charge is -2.42. The van der Waals surface area contributed by atoms with E-state index in [1.54, 1.807) is 39.8 Å². The Hall–Kier alpha value is -1.99. The summed E-state index contributed by atoms with van der Waals surface area (Å²) in [5.41, 5.74) is -0.611. The molecule has 8 nitrogen and oxygen atoms in total. The van der Waals surface area contributed by atoms with Crippen molar-refractivity contribution in [2.24, 2.45) is 5.92 Å². The molecule has 0 saturated carbocycles. The van der Waals surface area contributed by atoms with Crippen molar-refractivity contribution in [3.8, 4) is 0 Å². The Labute approximate surface area is 161 Å². The van der Waals surface area contributed by atoms with Gasteiger partial charge in [0.15, 0.2) is 0 Å². The number of alkyl carbamates (subject to hydrolysis) is 1. The molecule has 27 heavy (non-hydrogen) atoms. The SMILES string of the molecule is COC(=O)CC(NC(=O)OC(C)(C)C)C1CC2CCC(C1)N2C(=O)N(C)C. The van der Waals surface area contributed by atoms with Gasteiger partial charge in [-0.15, -0.1) is 0 Å².